The number of rotatable bonds is 7. The Hall–Kier alpha value is -2.18. The lowest BCUT2D eigenvalue weighted by atomic mass is 10.2. The van der Waals surface area contributed by atoms with Crippen LogP contribution in [0, 0.1) is 0 Å². The lowest BCUT2D eigenvalue weighted by molar-refractivity contribution is -0.117. The molecule has 0 radical (unpaired) electrons. The van der Waals surface area contributed by atoms with Crippen molar-refractivity contribution in [3.63, 3.8) is 0 Å². The average molecular weight is 386 g/mol. The Morgan fingerprint density at radius 2 is 2.00 bits per heavy atom. The zero-order chi connectivity index (χ0) is 19.2. The number of likely N-dealkylation sites (N-methyl/N-ethyl adjacent to an activating group) is 2. The van der Waals surface area contributed by atoms with Crippen LogP contribution in [-0.2, 0) is 4.79 Å². The molecule has 0 saturated carbocycles. The first-order valence-corrected chi connectivity index (χ1v) is 10.4. The summed E-state index contributed by atoms with van der Waals surface area (Å²) in [7, 11) is 1.96. The number of fused-ring (bicyclic) bond motifs is 1. The van der Waals surface area contributed by atoms with E-state index < -0.39 is 0 Å². The summed E-state index contributed by atoms with van der Waals surface area (Å²) in [5.74, 6) is 0.907. The fourth-order valence-electron chi connectivity index (χ4n) is 3.37. The molecule has 6 heteroatoms. The maximum absolute atomic E-state index is 12.4. The van der Waals surface area contributed by atoms with Crippen molar-refractivity contribution in [2.45, 2.75) is 17.9 Å². The lowest BCUT2D eigenvalue weighted by Gasteiger charge is -2.37. The number of para-hydroxylation sites is 3. The highest BCUT2D eigenvalue weighted by Crippen LogP contribution is 2.32. The summed E-state index contributed by atoms with van der Waals surface area (Å²) in [6.45, 7) is 4.94. The zero-order valence-electron chi connectivity index (χ0n) is 16.1. The summed E-state index contributed by atoms with van der Waals surface area (Å²) in [6, 6.07) is 16.0. The quantitative estimate of drug-likeness (QED) is 0.739. The normalized spacial score (nSPS) is 16.0. The van der Waals surface area contributed by atoms with Crippen LogP contribution in [0.5, 0.6) is 5.75 Å². The maximum Gasteiger partial charge on any atom is 0.238 e. The highest BCUT2D eigenvalue weighted by atomic mass is 32.2. The number of carbonyl (C=O) groups excluding carboxylic acids is 1. The molecule has 144 valence electrons. The largest absolute Gasteiger partial charge is 0.485 e. The maximum atomic E-state index is 12.4. The van der Waals surface area contributed by atoms with E-state index in [0.717, 1.165) is 35.1 Å². The summed E-state index contributed by atoms with van der Waals surface area (Å²) >= 11 is 1.63. The van der Waals surface area contributed by atoms with E-state index in [4.69, 9.17) is 4.74 Å². The fraction of sp³-hybridized carbons (Fsp3) is 0.381. The molecule has 0 spiro atoms. The smallest absolute Gasteiger partial charge is 0.238 e. The van der Waals surface area contributed by atoms with Crippen molar-refractivity contribution >= 4 is 29.0 Å². The van der Waals surface area contributed by atoms with Gasteiger partial charge in [-0.25, -0.2) is 0 Å². The van der Waals surface area contributed by atoms with Crippen molar-refractivity contribution in [1.82, 2.24) is 4.90 Å². The molecule has 2 aromatic rings. The Labute approximate surface area is 165 Å². The van der Waals surface area contributed by atoms with Crippen LogP contribution in [0.3, 0.4) is 0 Å². The molecular formula is C21H27N3O2S. The van der Waals surface area contributed by atoms with Crippen LogP contribution >= 0.6 is 11.8 Å². The monoisotopic (exact) mass is 385 g/mol. The highest BCUT2D eigenvalue weighted by Gasteiger charge is 2.25. The molecule has 1 aliphatic rings. The molecule has 0 aliphatic carbocycles. The van der Waals surface area contributed by atoms with E-state index in [9.17, 15) is 4.79 Å². The second-order valence-corrected chi connectivity index (χ2v) is 7.54. The first kappa shape index (κ1) is 19.6. The number of carbonyl (C=O) groups is 1. The number of hydrogen-bond acceptors (Lipinski definition) is 5. The second-order valence-electron chi connectivity index (χ2n) is 6.69. The standard InChI is InChI=1S/C21H27N3O2S/c1-4-24-14-16(26-19-11-7-6-10-18(19)24)13-23(2)15-21(25)22-17-9-5-8-12-20(17)27-3/h5-12,16H,4,13-15H2,1-3H3,(H,22,25). The number of nitrogens with one attached hydrogen (secondary N) is 1. The second kappa shape index (κ2) is 9.15. The van der Waals surface area contributed by atoms with Gasteiger partial charge in [0.05, 0.1) is 24.5 Å². The third-order valence-electron chi connectivity index (χ3n) is 4.62. The van der Waals surface area contributed by atoms with E-state index in [1.807, 2.05) is 60.7 Å². The van der Waals surface area contributed by atoms with E-state index in [1.165, 1.54) is 0 Å². The topological polar surface area (TPSA) is 44.8 Å². The number of ether oxygens (including phenoxy) is 1. The van der Waals surface area contributed by atoms with Gasteiger partial charge in [0.15, 0.2) is 0 Å². The molecule has 0 saturated heterocycles. The van der Waals surface area contributed by atoms with Gasteiger partial charge in [-0.15, -0.1) is 11.8 Å². The first-order chi connectivity index (χ1) is 13.1. The van der Waals surface area contributed by atoms with Gasteiger partial charge in [-0.1, -0.05) is 24.3 Å². The van der Waals surface area contributed by atoms with Gasteiger partial charge in [0, 0.05) is 18.0 Å². The van der Waals surface area contributed by atoms with Crippen molar-refractivity contribution < 1.29 is 9.53 Å². The summed E-state index contributed by atoms with van der Waals surface area (Å²) < 4.78 is 6.15. The molecule has 27 heavy (non-hydrogen) atoms. The Bertz CT molecular complexity index is 784. The lowest BCUT2D eigenvalue weighted by Crippen LogP contribution is -2.46. The Kier molecular flexibility index (Phi) is 6.63. The molecule has 0 fully saturated rings. The molecule has 3 rings (SSSR count). The summed E-state index contributed by atoms with van der Waals surface area (Å²) in [4.78, 5) is 17.8. The van der Waals surface area contributed by atoms with Crippen LogP contribution in [0.4, 0.5) is 11.4 Å². The van der Waals surface area contributed by atoms with Gasteiger partial charge in [0.2, 0.25) is 5.91 Å². The number of amides is 1. The molecule has 1 aliphatic heterocycles. The van der Waals surface area contributed by atoms with E-state index in [0.29, 0.717) is 13.1 Å². The molecular weight excluding hydrogens is 358 g/mol. The Balaban J connectivity index is 1.56. The number of nitrogens with zero attached hydrogens (tertiary/aromatic N) is 2. The highest BCUT2D eigenvalue weighted by molar-refractivity contribution is 7.98. The number of hydrogen-bond donors (Lipinski definition) is 1. The van der Waals surface area contributed by atoms with Gasteiger partial charge in [0.1, 0.15) is 11.9 Å². The molecule has 1 unspecified atom stereocenters. The van der Waals surface area contributed by atoms with Crippen LogP contribution in [-0.4, -0.2) is 56.4 Å². The fourth-order valence-corrected chi connectivity index (χ4v) is 3.92. The number of anilines is 2. The van der Waals surface area contributed by atoms with Crippen LogP contribution in [0.1, 0.15) is 6.92 Å². The Morgan fingerprint density at radius 1 is 1.26 bits per heavy atom. The van der Waals surface area contributed by atoms with Gasteiger partial charge >= 0.3 is 0 Å². The third-order valence-corrected chi connectivity index (χ3v) is 5.41. The SMILES string of the molecule is CCN1CC(CN(C)CC(=O)Nc2ccccc2SC)Oc2ccccc21. The number of benzene rings is 2. The molecule has 1 N–H and O–H groups in total. The van der Waals surface area contributed by atoms with Gasteiger partial charge in [-0.3, -0.25) is 9.69 Å². The molecule has 0 bridgehead atoms. The molecule has 5 nitrogen and oxygen atoms in total. The van der Waals surface area contributed by atoms with E-state index in [-0.39, 0.29) is 12.0 Å². The third kappa shape index (κ3) is 4.96. The van der Waals surface area contributed by atoms with Gasteiger partial charge in [-0.2, -0.15) is 0 Å². The molecule has 1 heterocycles. The van der Waals surface area contributed by atoms with Crippen molar-refractivity contribution in [2.24, 2.45) is 0 Å². The van der Waals surface area contributed by atoms with Crippen LogP contribution < -0.4 is 15.0 Å². The van der Waals surface area contributed by atoms with Gasteiger partial charge in [-0.05, 0) is 44.5 Å². The minimum atomic E-state index is -0.0115. The van der Waals surface area contributed by atoms with Crippen molar-refractivity contribution in [1.29, 1.82) is 0 Å². The van der Waals surface area contributed by atoms with Crippen molar-refractivity contribution in [3.8, 4) is 5.75 Å². The minimum absolute atomic E-state index is 0.0115. The average Bonchev–Trinajstić information content (AvgIpc) is 2.67. The van der Waals surface area contributed by atoms with Gasteiger partial charge < -0.3 is 15.0 Å². The van der Waals surface area contributed by atoms with Crippen molar-refractivity contribution in [2.75, 3.05) is 49.7 Å². The van der Waals surface area contributed by atoms with Crippen LogP contribution in [0.2, 0.25) is 0 Å². The minimum Gasteiger partial charge on any atom is -0.485 e. The molecule has 1 amide bonds. The zero-order valence-corrected chi connectivity index (χ0v) is 17.0. The summed E-state index contributed by atoms with van der Waals surface area (Å²) in [6.07, 6.45) is 2.05. The predicted octanol–water partition coefficient (Wildman–Crippen LogP) is 3.57. The number of thioether (sulfide) groups is 1. The first-order valence-electron chi connectivity index (χ1n) is 9.22. The van der Waals surface area contributed by atoms with Crippen LogP contribution in [0.15, 0.2) is 53.4 Å². The summed E-state index contributed by atoms with van der Waals surface area (Å²) in [5.41, 5.74) is 2.01. The molecule has 1 atom stereocenters. The van der Waals surface area contributed by atoms with E-state index in [1.54, 1.807) is 11.8 Å². The molecule has 0 aromatic heterocycles. The molecule has 2 aromatic carbocycles. The van der Waals surface area contributed by atoms with Gasteiger partial charge in [0.25, 0.3) is 0 Å². The van der Waals surface area contributed by atoms with E-state index >= 15 is 0 Å². The summed E-state index contributed by atoms with van der Waals surface area (Å²) in [5, 5.41) is 3.01. The Morgan fingerprint density at radius 3 is 2.78 bits per heavy atom. The predicted molar refractivity (Wildman–Crippen MR) is 113 cm³/mol. The van der Waals surface area contributed by atoms with Crippen LogP contribution in [0.25, 0.3) is 0 Å². The van der Waals surface area contributed by atoms with E-state index in [2.05, 4.69) is 23.2 Å². The van der Waals surface area contributed by atoms with Crippen molar-refractivity contribution in [3.05, 3.63) is 48.5 Å².